The molecule has 5 nitrogen and oxygen atoms in total. The van der Waals surface area contributed by atoms with E-state index in [1.54, 1.807) is 6.66 Å². The quantitative estimate of drug-likeness (QED) is 0.472. The van der Waals surface area contributed by atoms with Gasteiger partial charge in [0, 0.05) is 29.2 Å². The summed E-state index contributed by atoms with van der Waals surface area (Å²) in [7, 11) is -7.00. The lowest BCUT2D eigenvalue weighted by molar-refractivity contribution is -0.0409. The van der Waals surface area contributed by atoms with E-state index in [0.29, 0.717) is 30.4 Å². The molecular formula is C23H24ClF2O5PS. The fourth-order valence-electron chi connectivity index (χ4n) is 5.97. The van der Waals surface area contributed by atoms with Gasteiger partial charge in [-0.25, -0.2) is 17.2 Å². The van der Waals surface area contributed by atoms with Gasteiger partial charge in [0.1, 0.15) is 10.6 Å². The van der Waals surface area contributed by atoms with Crippen LogP contribution in [0.3, 0.4) is 0 Å². The monoisotopic (exact) mass is 516 g/mol. The Labute approximate surface area is 196 Å². The number of fused-ring (bicyclic) bond motifs is 4. The molecule has 10 heteroatoms. The predicted molar refractivity (Wildman–Crippen MR) is 121 cm³/mol. The second-order valence-electron chi connectivity index (χ2n) is 9.42. The van der Waals surface area contributed by atoms with Gasteiger partial charge in [0.05, 0.1) is 23.7 Å². The van der Waals surface area contributed by atoms with Crippen LogP contribution in [0, 0.1) is 23.0 Å². The molecule has 1 saturated heterocycles. The standard InChI is InChI=1S/C23H24ClF2O5PS/c1-32(27)12-11-22(14-31-32)9-2-10-23(33(28,29)16-5-3-15(24)4-6-16)19(22)13-30-21-18(26)8-7-17(25)20(21)23/h3-8,19H,2,9-14H2,1H3/t19-,22+,23-,32+/m0/s1. The summed E-state index contributed by atoms with van der Waals surface area (Å²) in [6, 6.07) is 7.64. The molecule has 0 N–H and O–H groups in total. The molecule has 1 spiro atoms. The van der Waals surface area contributed by atoms with Gasteiger partial charge in [-0.1, -0.05) is 18.0 Å². The predicted octanol–water partition coefficient (Wildman–Crippen LogP) is 5.79. The van der Waals surface area contributed by atoms with Crippen molar-refractivity contribution in [3.63, 3.8) is 0 Å². The molecule has 3 aliphatic rings. The van der Waals surface area contributed by atoms with Crippen LogP contribution in [0.25, 0.3) is 0 Å². The van der Waals surface area contributed by atoms with E-state index in [9.17, 15) is 17.4 Å². The molecule has 0 aromatic heterocycles. The van der Waals surface area contributed by atoms with E-state index in [1.807, 2.05) is 0 Å². The molecule has 0 amide bonds. The van der Waals surface area contributed by atoms with E-state index in [2.05, 4.69) is 0 Å². The van der Waals surface area contributed by atoms with Gasteiger partial charge in [-0.15, -0.1) is 0 Å². The van der Waals surface area contributed by atoms with Crippen molar-refractivity contribution in [1.82, 2.24) is 0 Å². The van der Waals surface area contributed by atoms with Crippen molar-refractivity contribution in [3.8, 4) is 5.75 Å². The lowest BCUT2D eigenvalue weighted by atomic mass is 9.58. The average molecular weight is 517 g/mol. The summed E-state index contributed by atoms with van der Waals surface area (Å²) in [5.41, 5.74) is -0.934. The molecule has 2 aromatic rings. The Balaban J connectivity index is 1.78. The van der Waals surface area contributed by atoms with Crippen molar-refractivity contribution in [1.29, 1.82) is 0 Å². The SMILES string of the molecule is C[P@]1(=O)CC[C@]2(CCC[C@@]3(S(=O)(=O)c4ccc(Cl)cc4)c4c(F)ccc(F)c4OC[C@@H]23)CO1. The second kappa shape index (κ2) is 7.77. The topological polar surface area (TPSA) is 69.7 Å². The number of rotatable bonds is 2. The van der Waals surface area contributed by atoms with E-state index in [-0.39, 0.29) is 35.8 Å². The molecule has 4 atom stereocenters. The summed E-state index contributed by atoms with van der Waals surface area (Å²) >= 11 is 5.99. The van der Waals surface area contributed by atoms with Crippen LogP contribution in [0.15, 0.2) is 41.3 Å². The van der Waals surface area contributed by atoms with Crippen molar-refractivity contribution in [2.24, 2.45) is 11.3 Å². The summed E-state index contributed by atoms with van der Waals surface area (Å²) < 4.78 is 81.2. The summed E-state index contributed by atoms with van der Waals surface area (Å²) in [5.74, 6) is -2.67. The van der Waals surface area contributed by atoms with E-state index in [4.69, 9.17) is 20.9 Å². The summed E-state index contributed by atoms with van der Waals surface area (Å²) in [6.07, 6.45) is 1.99. The molecular weight excluding hydrogens is 493 g/mol. The zero-order valence-electron chi connectivity index (χ0n) is 18.0. The fourth-order valence-corrected chi connectivity index (χ4v) is 10.1. The minimum absolute atomic E-state index is 0.0108. The van der Waals surface area contributed by atoms with Gasteiger partial charge in [-0.2, -0.15) is 0 Å². The van der Waals surface area contributed by atoms with Gasteiger partial charge in [-0.3, -0.25) is 4.57 Å². The fraction of sp³-hybridized carbons (Fsp3) is 0.478. The average Bonchev–Trinajstić information content (AvgIpc) is 2.78. The Bertz CT molecular complexity index is 1250. The third kappa shape index (κ3) is 3.40. The van der Waals surface area contributed by atoms with Crippen LogP contribution < -0.4 is 4.74 Å². The van der Waals surface area contributed by atoms with Gasteiger partial charge in [0.25, 0.3) is 0 Å². The number of hydrogen-bond acceptors (Lipinski definition) is 5. The van der Waals surface area contributed by atoms with Gasteiger partial charge in [0.2, 0.25) is 0 Å². The lowest BCUT2D eigenvalue weighted by Gasteiger charge is -2.57. The van der Waals surface area contributed by atoms with E-state index >= 15 is 4.39 Å². The number of hydrogen-bond donors (Lipinski definition) is 0. The number of ether oxygens (including phenoxy) is 1. The lowest BCUT2D eigenvalue weighted by Crippen LogP contribution is -2.60. The molecule has 178 valence electrons. The highest BCUT2D eigenvalue weighted by Gasteiger charge is 2.66. The van der Waals surface area contributed by atoms with E-state index in [0.717, 1.165) is 12.1 Å². The Hall–Kier alpha value is -1.47. The number of benzene rings is 2. The van der Waals surface area contributed by atoms with Crippen molar-refractivity contribution in [3.05, 3.63) is 58.6 Å². The highest BCUT2D eigenvalue weighted by molar-refractivity contribution is 7.92. The molecule has 33 heavy (non-hydrogen) atoms. The highest BCUT2D eigenvalue weighted by atomic mass is 35.5. The molecule has 0 bridgehead atoms. The molecule has 5 rings (SSSR count). The molecule has 2 aromatic carbocycles. The smallest absolute Gasteiger partial charge is 0.200 e. The van der Waals surface area contributed by atoms with Gasteiger partial charge in [0.15, 0.2) is 28.8 Å². The van der Waals surface area contributed by atoms with Crippen LogP contribution in [-0.2, 0) is 23.7 Å². The van der Waals surface area contributed by atoms with Crippen molar-refractivity contribution >= 4 is 28.8 Å². The molecule has 2 aliphatic heterocycles. The van der Waals surface area contributed by atoms with Crippen molar-refractivity contribution in [2.75, 3.05) is 26.0 Å². The first-order valence-corrected chi connectivity index (χ1v) is 15.0. The van der Waals surface area contributed by atoms with Crippen LogP contribution in [0.2, 0.25) is 5.02 Å². The molecule has 0 radical (unpaired) electrons. The summed E-state index contributed by atoms with van der Waals surface area (Å²) in [5, 5.41) is 0.368. The Morgan fingerprint density at radius 1 is 1.06 bits per heavy atom. The van der Waals surface area contributed by atoms with E-state index in [1.165, 1.54) is 24.3 Å². The van der Waals surface area contributed by atoms with Crippen LogP contribution in [-0.4, -0.2) is 34.5 Å². The molecule has 2 fully saturated rings. The van der Waals surface area contributed by atoms with Crippen LogP contribution in [0.4, 0.5) is 8.78 Å². The Kier molecular flexibility index (Phi) is 5.48. The number of sulfone groups is 1. The molecule has 0 unspecified atom stereocenters. The van der Waals surface area contributed by atoms with Gasteiger partial charge in [-0.05, 0) is 55.7 Å². The van der Waals surface area contributed by atoms with Gasteiger partial charge < -0.3 is 9.26 Å². The largest absolute Gasteiger partial charge is 0.490 e. The molecule has 2 heterocycles. The molecule has 1 aliphatic carbocycles. The maximum Gasteiger partial charge on any atom is 0.200 e. The van der Waals surface area contributed by atoms with Crippen molar-refractivity contribution in [2.45, 2.75) is 35.3 Å². The van der Waals surface area contributed by atoms with E-state index < -0.39 is 44.9 Å². The van der Waals surface area contributed by atoms with Crippen molar-refractivity contribution < 1.29 is 31.0 Å². The number of halogens is 3. The maximum absolute atomic E-state index is 15.4. The third-order valence-electron chi connectivity index (χ3n) is 7.65. The van der Waals surface area contributed by atoms with Crippen LogP contribution in [0.1, 0.15) is 31.2 Å². The minimum Gasteiger partial charge on any atom is -0.490 e. The normalized spacial score (nSPS) is 33.8. The van der Waals surface area contributed by atoms with Gasteiger partial charge >= 0.3 is 0 Å². The third-order valence-corrected chi connectivity index (χ3v) is 12.2. The molecule has 1 saturated carbocycles. The minimum atomic E-state index is -4.23. The first-order valence-electron chi connectivity index (χ1n) is 10.9. The highest BCUT2D eigenvalue weighted by Crippen LogP contribution is 2.65. The Morgan fingerprint density at radius 3 is 2.42 bits per heavy atom. The summed E-state index contributed by atoms with van der Waals surface area (Å²) in [6.45, 7) is 1.57. The maximum atomic E-state index is 15.4. The first-order chi connectivity index (χ1) is 15.5. The second-order valence-corrected chi connectivity index (χ2v) is 14.8. The Morgan fingerprint density at radius 2 is 1.76 bits per heavy atom. The first kappa shape index (κ1) is 23.3. The van der Waals surface area contributed by atoms with Crippen LogP contribution in [0.5, 0.6) is 5.75 Å². The van der Waals surface area contributed by atoms with Crippen LogP contribution >= 0.6 is 19.0 Å². The summed E-state index contributed by atoms with van der Waals surface area (Å²) in [4.78, 5) is -0.0108. The zero-order chi connectivity index (χ0) is 23.6. The zero-order valence-corrected chi connectivity index (χ0v) is 20.5.